The fourth-order valence-corrected chi connectivity index (χ4v) is 1.56. The number of rotatable bonds is 3. The van der Waals surface area contributed by atoms with Crippen LogP contribution in [0, 0.1) is 4.91 Å². The van der Waals surface area contributed by atoms with Gasteiger partial charge in [0.05, 0.1) is 12.8 Å². The molecule has 0 aliphatic heterocycles. The molecule has 2 aromatic carbocycles. The predicted octanol–water partition coefficient (Wildman–Crippen LogP) is 3.21. The maximum absolute atomic E-state index is 10.6. The summed E-state index contributed by atoms with van der Waals surface area (Å²) in [5.41, 5.74) is 4.02. The molecule has 0 spiro atoms. The Hall–Kier alpha value is -1.94. The zero-order valence-electron chi connectivity index (χ0n) is 8.23. The third-order valence-electron chi connectivity index (χ3n) is 2.21. The summed E-state index contributed by atoms with van der Waals surface area (Å²) in [6, 6.07) is 11.0. The number of nitroso groups, excluding NO2 is 1. The second-order valence-corrected chi connectivity index (χ2v) is 3.08. The predicted molar refractivity (Wildman–Crippen MR) is 60.0 cm³/mol. The van der Waals surface area contributed by atoms with E-state index in [-0.39, 0.29) is 0 Å². The number of benzene rings is 2. The summed E-state index contributed by atoms with van der Waals surface area (Å²) in [5.74, 6) is 0. The van der Waals surface area contributed by atoms with Crippen LogP contribution in [0.15, 0.2) is 41.6 Å². The van der Waals surface area contributed by atoms with Crippen molar-refractivity contribution in [2.24, 2.45) is 5.18 Å². The highest BCUT2D eigenvalue weighted by atomic mass is 16.6. The van der Waals surface area contributed by atoms with Crippen LogP contribution >= 0.6 is 0 Å². The molecule has 0 bridgehead atoms. The Morgan fingerprint density at radius 3 is 2.53 bits per heavy atom. The quantitative estimate of drug-likeness (QED) is 0.614. The summed E-state index contributed by atoms with van der Waals surface area (Å²) in [6.07, 6.45) is 0. The lowest BCUT2D eigenvalue weighted by atomic mass is 10.1. The summed E-state index contributed by atoms with van der Waals surface area (Å²) in [4.78, 5) is 15.4. The first kappa shape index (κ1) is 9.61. The smallest absolute Gasteiger partial charge is 0.115 e. The molecule has 2 aromatic rings. The van der Waals surface area contributed by atoms with E-state index in [1.165, 1.54) is 0 Å². The van der Waals surface area contributed by atoms with Gasteiger partial charge in [-0.2, -0.15) is 0 Å². The van der Waals surface area contributed by atoms with Crippen molar-refractivity contribution in [1.29, 1.82) is 0 Å². The molecular formula is C11H10N2O2. The lowest BCUT2D eigenvalue weighted by Gasteiger charge is -2.07. The van der Waals surface area contributed by atoms with Gasteiger partial charge >= 0.3 is 0 Å². The molecule has 15 heavy (non-hydrogen) atoms. The second kappa shape index (κ2) is 4.06. The molecule has 0 atom stereocenters. The maximum atomic E-state index is 10.6. The third kappa shape index (κ3) is 1.67. The zero-order chi connectivity index (χ0) is 10.7. The van der Waals surface area contributed by atoms with Gasteiger partial charge in [0.25, 0.3) is 0 Å². The molecule has 76 valence electrons. The standard InChI is InChI=1S/C11H10N2O2/c1-15-13-11-7-6-10(12-14)8-4-2-3-5-9(8)11/h2-7,13H,1H3. The monoisotopic (exact) mass is 202 g/mol. The molecule has 0 saturated heterocycles. The number of hydrogen-bond acceptors (Lipinski definition) is 4. The van der Waals surface area contributed by atoms with Crippen LogP contribution in [-0.4, -0.2) is 7.11 Å². The summed E-state index contributed by atoms with van der Waals surface area (Å²) in [6.45, 7) is 0. The largest absolute Gasteiger partial charge is 0.279 e. The van der Waals surface area contributed by atoms with E-state index in [1.54, 1.807) is 19.2 Å². The Balaban J connectivity index is 2.71. The fourth-order valence-electron chi connectivity index (χ4n) is 1.56. The van der Waals surface area contributed by atoms with Crippen molar-refractivity contribution in [3.63, 3.8) is 0 Å². The zero-order valence-corrected chi connectivity index (χ0v) is 8.23. The van der Waals surface area contributed by atoms with Crippen LogP contribution in [0.4, 0.5) is 11.4 Å². The van der Waals surface area contributed by atoms with Gasteiger partial charge in [-0.3, -0.25) is 10.3 Å². The minimum absolute atomic E-state index is 0.437. The number of anilines is 1. The van der Waals surface area contributed by atoms with Gasteiger partial charge in [0.15, 0.2) is 0 Å². The maximum Gasteiger partial charge on any atom is 0.115 e. The topological polar surface area (TPSA) is 50.7 Å². The Morgan fingerprint density at radius 1 is 1.13 bits per heavy atom. The number of nitrogens with zero attached hydrogens (tertiary/aromatic N) is 1. The van der Waals surface area contributed by atoms with E-state index in [1.807, 2.05) is 24.3 Å². The first-order valence-electron chi connectivity index (χ1n) is 4.51. The van der Waals surface area contributed by atoms with Crippen LogP contribution in [0.5, 0.6) is 0 Å². The van der Waals surface area contributed by atoms with Crippen molar-refractivity contribution in [3.05, 3.63) is 41.3 Å². The molecule has 0 fully saturated rings. The van der Waals surface area contributed by atoms with Crippen molar-refractivity contribution >= 4 is 22.1 Å². The van der Waals surface area contributed by atoms with Crippen molar-refractivity contribution < 1.29 is 4.84 Å². The van der Waals surface area contributed by atoms with Crippen LogP contribution in [0.1, 0.15) is 0 Å². The molecule has 0 heterocycles. The summed E-state index contributed by atoms with van der Waals surface area (Å²) >= 11 is 0. The van der Waals surface area contributed by atoms with E-state index in [0.717, 1.165) is 16.5 Å². The van der Waals surface area contributed by atoms with Gasteiger partial charge in [-0.15, -0.1) is 4.91 Å². The third-order valence-corrected chi connectivity index (χ3v) is 2.21. The molecule has 4 heteroatoms. The number of nitrogens with one attached hydrogen (secondary N) is 1. The average Bonchev–Trinajstić information content (AvgIpc) is 2.30. The van der Waals surface area contributed by atoms with E-state index in [2.05, 4.69) is 10.7 Å². The molecule has 0 amide bonds. The first-order valence-corrected chi connectivity index (χ1v) is 4.51. The van der Waals surface area contributed by atoms with E-state index in [4.69, 9.17) is 4.84 Å². The Bertz CT molecular complexity index is 497. The lowest BCUT2D eigenvalue weighted by Crippen LogP contribution is -1.95. The summed E-state index contributed by atoms with van der Waals surface area (Å²) in [7, 11) is 1.54. The number of hydrogen-bond donors (Lipinski definition) is 1. The Labute approximate surface area is 86.8 Å². The second-order valence-electron chi connectivity index (χ2n) is 3.08. The molecule has 0 aliphatic rings. The molecule has 2 rings (SSSR count). The van der Waals surface area contributed by atoms with Gasteiger partial charge in [0.2, 0.25) is 0 Å². The highest BCUT2D eigenvalue weighted by molar-refractivity contribution is 6.00. The molecule has 0 aliphatic carbocycles. The molecule has 0 aromatic heterocycles. The van der Waals surface area contributed by atoms with Gasteiger partial charge in [-0.1, -0.05) is 24.3 Å². The van der Waals surface area contributed by atoms with E-state index >= 15 is 0 Å². The van der Waals surface area contributed by atoms with Crippen LogP contribution in [-0.2, 0) is 4.84 Å². The van der Waals surface area contributed by atoms with Crippen molar-refractivity contribution in [2.75, 3.05) is 12.6 Å². The van der Waals surface area contributed by atoms with Gasteiger partial charge in [-0.25, -0.2) is 0 Å². The normalized spacial score (nSPS) is 10.2. The Kier molecular flexibility index (Phi) is 2.60. The molecule has 0 radical (unpaired) electrons. The van der Waals surface area contributed by atoms with Gasteiger partial charge in [0.1, 0.15) is 5.69 Å². The van der Waals surface area contributed by atoms with E-state index < -0.39 is 0 Å². The molecule has 4 nitrogen and oxygen atoms in total. The average molecular weight is 202 g/mol. The minimum Gasteiger partial charge on any atom is -0.279 e. The van der Waals surface area contributed by atoms with Crippen LogP contribution < -0.4 is 5.48 Å². The highest BCUT2D eigenvalue weighted by Crippen LogP contribution is 2.31. The van der Waals surface area contributed by atoms with E-state index in [0.29, 0.717) is 5.69 Å². The molecular weight excluding hydrogens is 192 g/mol. The van der Waals surface area contributed by atoms with Gasteiger partial charge in [0, 0.05) is 10.8 Å². The minimum atomic E-state index is 0.437. The fraction of sp³-hybridized carbons (Fsp3) is 0.0909. The van der Waals surface area contributed by atoms with Crippen molar-refractivity contribution in [1.82, 2.24) is 0 Å². The van der Waals surface area contributed by atoms with Gasteiger partial charge < -0.3 is 0 Å². The summed E-state index contributed by atoms with van der Waals surface area (Å²) in [5, 5.41) is 4.71. The number of fused-ring (bicyclic) bond motifs is 1. The SMILES string of the molecule is CONc1ccc(N=O)c2ccccc12. The summed E-state index contributed by atoms with van der Waals surface area (Å²) < 4.78 is 0. The highest BCUT2D eigenvalue weighted by Gasteiger charge is 2.04. The van der Waals surface area contributed by atoms with Crippen LogP contribution in [0.2, 0.25) is 0 Å². The molecule has 0 saturated carbocycles. The lowest BCUT2D eigenvalue weighted by molar-refractivity contribution is 0.271. The van der Waals surface area contributed by atoms with Gasteiger partial charge in [-0.05, 0) is 17.3 Å². The molecule has 1 N–H and O–H groups in total. The van der Waals surface area contributed by atoms with Crippen LogP contribution in [0.3, 0.4) is 0 Å². The van der Waals surface area contributed by atoms with Crippen LogP contribution in [0.25, 0.3) is 10.8 Å². The van der Waals surface area contributed by atoms with Crippen molar-refractivity contribution in [3.8, 4) is 0 Å². The Morgan fingerprint density at radius 2 is 1.87 bits per heavy atom. The van der Waals surface area contributed by atoms with Crippen molar-refractivity contribution in [2.45, 2.75) is 0 Å². The molecule has 0 unspecified atom stereocenters. The van der Waals surface area contributed by atoms with E-state index in [9.17, 15) is 4.91 Å². The first-order chi connectivity index (χ1) is 7.36.